The number of ether oxygens (including phenoxy) is 1. The number of nitrogens with zero attached hydrogens (tertiary/aromatic N) is 3. The van der Waals surface area contributed by atoms with Crippen LogP contribution in [0.1, 0.15) is 67.3 Å². The molecule has 37 heavy (non-hydrogen) atoms. The molecule has 1 saturated heterocycles. The summed E-state index contributed by atoms with van der Waals surface area (Å²) >= 11 is 5.91. The normalized spacial score (nSPS) is 22.6. The summed E-state index contributed by atoms with van der Waals surface area (Å²) in [5, 5.41) is 14.6. The Kier molecular flexibility index (Phi) is 8.36. The summed E-state index contributed by atoms with van der Waals surface area (Å²) in [5.74, 6) is 0.384. The van der Waals surface area contributed by atoms with Gasteiger partial charge in [0.15, 0.2) is 0 Å². The first-order valence-electron chi connectivity index (χ1n) is 13.3. The molecular formula is C28H34ClN5O3. The van der Waals surface area contributed by atoms with Gasteiger partial charge in [-0.25, -0.2) is 0 Å². The largest absolute Gasteiger partial charge is 0.461 e. The van der Waals surface area contributed by atoms with Crippen LogP contribution in [0.3, 0.4) is 0 Å². The van der Waals surface area contributed by atoms with Gasteiger partial charge in [0.25, 0.3) is 5.91 Å². The zero-order chi connectivity index (χ0) is 25.6. The number of benzene rings is 2. The van der Waals surface area contributed by atoms with Crippen LogP contribution in [0.15, 0.2) is 42.5 Å². The lowest BCUT2D eigenvalue weighted by Crippen LogP contribution is -2.39. The maximum atomic E-state index is 12.8. The fourth-order valence-electron chi connectivity index (χ4n) is 5.64. The highest BCUT2D eigenvalue weighted by Crippen LogP contribution is 2.31. The second-order valence-corrected chi connectivity index (χ2v) is 10.8. The predicted molar refractivity (Wildman–Crippen MR) is 142 cm³/mol. The van der Waals surface area contributed by atoms with Gasteiger partial charge in [-0.15, -0.1) is 0 Å². The monoisotopic (exact) mass is 523 g/mol. The summed E-state index contributed by atoms with van der Waals surface area (Å²) < 4.78 is 5.45. The number of halogens is 1. The van der Waals surface area contributed by atoms with E-state index in [1.807, 2.05) is 30.3 Å². The number of nitrogens with one attached hydrogen (secondary N) is 2. The molecular weight excluding hydrogens is 490 g/mol. The number of likely N-dealkylation sites (tertiary alicyclic amines) is 1. The minimum Gasteiger partial charge on any atom is -0.461 e. The minimum absolute atomic E-state index is 0.0550. The zero-order valence-electron chi connectivity index (χ0n) is 21.0. The first-order chi connectivity index (χ1) is 18.0. The van der Waals surface area contributed by atoms with E-state index in [2.05, 4.69) is 25.6 Å². The van der Waals surface area contributed by atoms with Gasteiger partial charge in [0.05, 0.1) is 0 Å². The molecule has 3 aromatic rings. The first kappa shape index (κ1) is 25.7. The fraction of sp³-hybridized carbons (Fsp3) is 0.500. The van der Waals surface area contributed by atoms with Crippen LogP contribution in [-0.2, 0) is 16.1 Å². The summed E-state index contributed by atoms with van der Waals surface area (Å²) in [6.45, 7) is 2.20. The van der Waals surface area contributed by atoms with Crippen molar-refractivity contribution >= 4 is 34.5 Å². The molecule has 5 rings (SSSR count). The van der Waals surface area contributed by atoms with E-state index in [1.54, 1.807) is 12.1 Å². The molecule has 2 N–H and O–H groups in total. The molecule has 2 fully saturated rings. The van der Waals surface area contributed by atoms with Gasteiger partial charge in [-0.1, -0.05) is 36.6 Å². The molecule has 2 aliphatic rings. The number of carbonyl (C=O) groups excluding carboxylic acids is 2. The van der Waals surface area contributed by atoms with Crippen molar-refractivity contribution in [3.05, 3.63) is 58.6 Å². The summed E-state index contributed by atoms with van der Waals surface area (Å²) in [6, 6.07) is 13.5. The Morgan fingerprint density at radius 3 is 2.73 bits per heavy atom. The van der Waals surface area contributed by atoms with Gasteiger partial charge in [0.1, 0.15) is 17.6 Å². The highest BCUT2D eigenvalue weighted by molar-refractivity contribution is 6.30. The summed E-state index contributed by atoms with van der Waals surface area (Å²) in [4.78, 5) is 27.6. The number of esters is 1. The molecule has 1 aliphatic carbocycles. The summed E-state index contributed by atoms with van der Waals surface area (Å²) in [6.07, 6.45) is 8.15. The third-order valence-corrected chi connectivity index (χ3v) is 8.03. The van der Waals surface area contributed by atoms with Crippen molar-refractivity contribution in [2.45, 2.75) is 70.1 Å². The Morgan fingerprint density at radius 1 is 1.03 bits per heavy atom. The van der Waals surface area contributed by atoms with E-state index in [0.717, 1.165) is 49.9 Å². The highest BCUT2D eigenvalue weighted by Gasteiger charge is 2.31. The molecule has 2 heterocycles. The average molecular weight is 524 g/mol. The van der Waals surface area contributed by atoms with Crippen molar-refractivity contribution in [3.8, 4) is 0 Å². The fourth-order valence-corrected chi connectivity index (χ4v) is 5.76. The molecule has 9 heteroatoms. The number of aromatic amines is 1. The second-order valence-electron chi connectivity index (χ2n) is 10.3. The summed E-state index contributed by atoms with van der Waals surface area (Å²) in [5.41, 5.74) is 3.02. The van der Waals surface area contributed by atoms with Crippen molar-refractivity contribution in [2.75, 3.05) is 13.1 Å². The molecule has 8 nitrogen and oxygen atoms in total. The van der Waals surface area contributed by atoms with E-state index in [0.29, 0.717) is 41.1 Å². The Labute approximate surface area is 222 Å². The second kappa shape index (κ2) is 12.0. The van der Waals surface area contributed by atoms with Crippen LogP contribution in [0, 0.1) is 5.92 Å². The smallest absolute Gasteiger partial charge is 0.306 e. The van der Waals surface area contributed by atoms with Crippen molar-refractivity contribution in [1.29, 1.82) is 0 Å². The standard InChI is InChI=1S/C28H34ClN5O3/c29-22-9-4-20(5-10-22)18-37-27(35)13-7-19-2-1-3-24(11-6-19)34-15-14-23(17-34)30-28(36)21-8-12-25-26(16-21)32-33-31-25/h4-5,8-10,12,16,19,23-24H,1-3,6-7,11,13-15,17-18H2,(H,30,36)(H,31,32,33). The van der Waals surface area contributed by atoms with Crippen molar-refractivity contribution in [2.24, 2.45) is 5.92 Å². The SMILES string of the molecule is O=C(CCC1CCCC(N2CCC(NC(=O)c3ccc4n[nH]nc4c3)C2)CC1)OCc1ccc(Cl)cc1. The molecule has 1 saturated carbocycles. The number of hydrogen-bond acceptors (Lipinski definition) is 6. The van der Waals surface area contributed by atoms with Gasteiger partial charge < -0.3 is 10.1 Å². The van der Waals surface area contributed by atoms with Crippen LogP contribution >= 0.6 is 11.6 Å². The van der Waals surface area contributed by atoms with Gasteiger partial charge in [-0.2, -0.15) is 15.4 Å². The number of H-pyrrole nitrogens is 1. The number of aromatic nitrogens is 3. The third-order valence-electron chi connectivity index (χ3n) is 7.78. The number of fused-ring (bicyclic) bond motifs is 1. The number of carbonyl (C=O) groups is 2. The lowest BCUT2D eigenvalue weighted by Gasteiger charge is -2.27. The van der Waals surface area contributed by atoms with Crippen molar-refractivity contribution in [3.63, 3.8) is 0 Å². The first-order valence-corrected chi connectivity index (χ1v) is 13.7. The topological polar surface area (TPSA) is 100 Å². The molecule has 1 aromatic heterocycles. The van der Waals surface area contributed by atoms with E-state index >= 15 is 0 Å². The Bertz CT molecular complexity index is 1210. The third kappa shape index (κ3) is 6.87. The van der Waals surface area contributed by atoms with E-state index in [4.69, 9.17) is 16.3 Å². The molecule has 196 valence electrons. The Balaban J connectivity index is 1.03. The molecule has 0 radical (unpaired) electrons. The maximum Gasteiger partial charge on any atom is 0.306 e. The molecule has 3 unspecified atom stereocenters. The molecule has 3 atom stereocenters. The van der Waals surface area contributed by atoms with Gasteiger partial charge in [-0.3, -0.25) is 14.5 Å². The quantitative estimate of drug-likeness (QED) is 0.322. The number of rotatable bonds is 8. The van der Waals surface area contributed by atoms with E-state index in [1.165, 1.54) is 19.3 Å². The Hall–Kier alpha value is -2.97. The van der Waals surface area contributed by atoms with Crippen LogP contribution in [0.4, 0.5) is 0 Å². The molecule has 1 aliphatic heterocycles. The van der Waals surface area contributed by atoms with Gasteiger partial charge >= 0.3 is 5.97 Å². The van der Waals surface area contributed by atoms with Crippen LogP contribution in [0.2, 0.25) is 5.02 Å². The van der Waals surface area contributed by atoms with Crippen molar-refractivity contribution < 1.29 is 14.3 Å². The van der Waals surface area contributed by atoms with Crippen LogP contribution in [-0.4, -0.2) is 57.4 Å². The molecule has 1 amide bonds. The van der Waals surface area contributed by atoms with E-state index in [-0.39, 0.29) is 17.9 Å². The van der Waals surface area contributed by atoms with E-state index in [9.17, 15) is 9.59 Å². The number of hydrogen-bond donors (Lipinski definition) is 2. The summed E-state index contributed by atoms with van der Waals surface area (Å²) in [7, 11) is 0. The Morgan fingerprint density at radius 2 is 1.86 bits per heavy atom. The average Bonchev–Trinajstić information content (AvgIpc) is 3.51. The lowest BCUT2D eigenvalue weighted by atomic mass is 9.95. The highest BCUT2D eigenvalue weighted by atomic mass is 35.5. The minimum atomic E-state index is -0.128. The number of amides is 1. The van der Waals surface area contributed by atoms with Gasteiger partial charge in [0, 0.05) is 42.2 Å². The van der Waals surface area contributed by atoms with E-state index < -0.39 is 0 Å². The molecule has 0 spiro atoms. The maximum absolute atomic E-state index is 12.8. The lowest BCUT2D eigenvalue weighted by molar-refractivity contribution is -0.145. The van der Waals surface area contributed by atoms with Crippen LogP contribution < -0.4 is 5.32 Å². The van der Waals surface area contributed by atoms with Crippen LogP contribution in [0.5, 0.6) is 0 Å². The molecule has 0 bridgehead atoms. The molecule has 2 aromatic carbocycles. The van der Waals surface area contributed by atoms with Gasteiger partial charge in [-0.05, 0) is 73.9 Å². The zero-order valence-corrected chi connectivity index (χ0v) is 21.8. The van der Waals surface area contributed by atoms with Crippen molar-refractivity contribution in [1.82, 2.24) is 25.6 Å². The van der Waals surface area contributed by atoms with Gasteiger partial charge in [0.2, 0.25) is 0 Å². The predicted octanol–water partition coefficient (Wildman–Crippen LogP) is 4.89. The van der Waals surface area contributed by atoms with Crippen LogP contribution in [0.25, 0.3) is 11.0 Å².